The zero-order valence-electron chi connectivity index (χ0n) is 20.1. The minimum absolute atomic E-state index is 0.109. The average molecular weight is 505 g/mol. The third kappa shape index (κ3) is 4.57. The van der Waals surface area contributed by atoms with Crippen LogP contribution in [0.1, 0.15) is 35.1 Å². The quantitative estimate of drug-likeness (QED) is 0.431. The lowest BCUT2D eigenvalue weighted by Crippen LogP contribution is -2.43. The number of nitrogens with zero attached hydrogens (tertiary/aromatic N) is 6. The molecule has 2 saturated heterocycles. The molecule has 0 bridgehead atoms. The molecule has 1 atom stereocenters. The summed E-state index contributed by atoms with van der Waals surface area (Å²) in [6.07, 6.45) is 4.67. The number of piperazine rings is 1. The maximum Gasteiger partial charge on any atom is 0.293 e. The molecule has 4 aromatic rings. The fourth-order valence-corrected chi connectivity index (χ4v) is 5.09. The van der Waals surface area contributed by atoms with Crippen LogP contribution < -0.4 is 20.4 Å². The highest BCUT2D eigenvalue weighted by Crippen LogP contribution is 2.36. The van der Waals surface area contributed by atoms with Crippen molar-refractivity contribution >= 4 is 28.7 Å². The Morgan fingerprint density at radius 1 is 1.03 bits per heavy atom. The second-order valence-electron chi connectivity index (χ2n) is 9.25. The molecular weight excluding hydrogens is 478 g/mol. The highest BCUT2D eigenvalue weighted by Gasteiger charge is 2.30. The maximum absolute atomic E-state index is 14.5. The number of benzene rings is 2. The molecular formula is C26H26F2N8O. The lowest BCUT2D eigenvalue weighted by Gasteiger charge is -2.29. The molecule has 37 heavy (non-hydrogen) atoms. The minimum Gasteiger partial charge on any atom is -0.369 e. The summed E-state index contributed by atoms with van der Waals surface area (Å²) >= 11 is 0. The van der Waals surface area contributed by atoms with Crippen LogP contribution in [0.5, 0.6) is 0 Å². The second kappa shape index (κ2) is 9.74. The molecule has 11 heteroatoms. The number of hydrogen-bond donors (Lipinski definition) is 2. The maximum atomic E-state index is 14.5. The van der Waals surface area contributed by atoms with Crippen molar-refractivity contribution in [3.8, 4) is 0 Å². The lowest BCUT2D eigenvalue weighted by atomic mass is 10.0. The van der Waals surface area contributed by atoms with Crippen molar-refractivity contribution < 1.29 is 13.6 Å². The van der Waals surface area contributed by atoms with Gasteiger partial charge in [-0.25, -0.2) is 13.8 Å². The summed E-state index contributed by atoms with van der Waals surface area (Å²) in [5.41, 5.74) is 2.47. The number of nitrogens with one attached hydrogen (secondary N) is 2. The predicted octanol–water partition coefficient (Wildman–Crippen LogP) is 3.41. The molecule has 0 spiro atoms. The van der Waals surface area contributed by atoms with Gasteiger partial charge in [0.25, 0.3) is 5.91 Å². The Kier molecular flexibility index (Phi) is 6.13. The van der Waals surface area contributed by atoms with Crippen LogP contribution in [-0.2, 0) is 0 Å². The summed E-state index contributed by atoms with van der Waals surface area (Å²) in [4.78, 5) is 21.8. The van der Waals surface area contributed by atoms with Crippen molar-refractivity contribution in [1.82, 2.24) is 24.9 Å². The number of aromatic nitrogens is 4. The number of carbonyl (C=O) groups is 1. The standard InChI is InChI=1S/C26H26F2N8O/c27-17-3-8-21(28)20(14-17)22-2-1-11-35(22)24-16-36-23(15-30-24)32-33-25(36)26(37)31-18-4-6-19(7-5-18)34-12-9-29-10-13-34/h3-8,14-16,22,29H,1-2,9-13H2,(H,31,37)/t22-/m1/s1. The van der Waals surface area contributed by atoms with Crippen molar-refractivity contribution in [3.05, 3.63) is 77.9 Å². The molecule has 190 valence electrons. The monoisotopic (exact) mass is 504 g/mol. The Balaban J connectivity index is 1.23. The zero-order valence-corrected chi connectivity index (χ0v) is 20.1. The van der Waals surface area contributed by atoms with Gasteiger partial charge in [0.15, 0.2) is 5.65 Å². The first kappa shape index (κ1) is 23.3. The van der Waals surface area contributed by atoms with Crippen LogP contribution in [0.25, 0.3) is 5.65 Å². The lowest BCUT2D eigenvalue weighted by molar-refractivity contribution is 0.101. The van der Waals surface area contributed by atoms with E-state index in [0.29, 0.717) is 35.7 Å². The summed E-state index contributed by atoms with van der Waals surface area (Å²) in [6.45, 7) is 4.41. The van der Waals surface area contributed by atoms with Crippen molar-refractivity contribution in [2.75, 3.05) is 47.8 Å². The highest BCUT2D eigenvalue weighted by molar-refractivity contribution is 6.02. The fraction of sp³-hybridized carbons (Fsp3) is 0.308. The molecule has 2 aromatic heterocycles. The van der Waals surface area contributed by atoms with E-state index in [1.54, 1.807) is 10.6 Å². The third-order valence-electron chi connectivity index (χ3n) is 6.95. The van der Waals surface area contributed by atoms with Gasteiger partial charge in [-0.15, -0.1) is 10.2 Å². The molecule has 0 aliphatic carbocycles. The third-order valence-corrected chi connectivity index (χ3v) is 6.95. The van der Waals surface area contributed by atoms with Gasteiger partial charge in [-0.3, -0.25) is 9.20 Å². The Bertz CT molecular complexity index is 1430. The van der Waals surface area contributed by atoms with E-state index in [1.165, 1.54) is 12.3 Å². The SMILES string of the molecule is O=C(Nc1ccc(N2CCNCC2)cc1)c1nnc2cnc(N3CCC[C@@H]3c3cc(F)ccc3F)cn12. The van der Waals surface area contributed by atoms with Crippen LogP contribution >= 0.6 is 0 Å². The van der Waals surface area contributed by atoms with Crippen LogP contribution in [0.2, 0.25) is 0 Å². The number of hydrogen-bond acceptors (Lipinski definition) is 7. The number of rotatable bonds is 5. The number of fused-ring (bicyclic) bond motifs is 1. The van der Waals surface area contributed by atoms with E-state index in [0.717, 1.165) is 50.4 Å². The molecule has 2 aromatic carbocycles. The largest absolute Gasteiger partial charge is 0.369 e. The Morgan fingerprint density at radius 3 is 2.65 bits per heavy atom. The normalized spacial score (nSPS) is 17.9. The van der Waals surface area contributed by atoms with Crippen molar-refractivity contribution in [1.29, 1.82) is 0 Å². The molecule has 0 unspecified atom stereocenters. The van der Waals surface area contributed by atoms with Gasteiger partial charge in [-0.2, -0.15) is 0 Å². The van der Waals surface area contributed by atoms with E-state index in [9.17, 15) is 13.6 Å². The first-order chi connectivity index (χ1) is 18.1. The average Bonchev–Trinajstić information content (AvgIpc) is 3.58. The van der Waals surface area contributed by atoms with E-state index in [2.05, 4.69) is 30.7 Å². The second-order valence-corrected chi connectivity index (χ2v) is 9.25. The molecule has 6 rings (SSSR count). The van der Waals surface area contributed by atoms with Crippen LogP contribution in [-0.4, -0.2) is 58.2 Å². The smallest absolute Gasteiger partial charge is 0.293 e. The Hall–Kier alpha value is -4.12. The van der Waals surface area contributed by atoms with Gasteiger partial charge in [0, 0.05) is 49.7 Å². The van der Waals surface area contributed by atoms with E-state index >= 15 is 0 Å². The van der Waals surface area contributed by atoms with Gasteiger partial charge in [0.2, 0.25) is 5.82 Å². The molecule has 2 N–H and O–H groups in total. The van der Waals surface area contributed by atoms with Gasteiger partial charge in [-0.1, -0.05) is 0 Å². The summed E-state index contributed by atoms with van der Waals surface area (Å²) in [5.74, 6) is -0.698. The fourth-order valence-electron chi connectivity index (χ4n) is 5.09. The predicted molar refractivity (Wildman–Crippen MR) is 136 cm³/mol. The number of halogens is 2. The van der Waals surface area contributed by atoms with E-state index in [4.69, 9.17) is 0 Å². The first-order valence-corrected chi connectivity index (χ1v) is 12.4. The molecule has 9 nitrogen and oxygen atoms in total. The van der Waals surface area contributed by atoms with Gasteiger partial charge < -0.3 is 20.4 Å². The Morgan fingerprint density at radius 2 is 1.84 bits per heavy atom. The molecule has 0 radical (unpaired) electrons. The molecule has 4 heterocycles. The van der Waals surface area contributed by atoms with E-state index in [-0.39, 0.29) is 11.9 Å². The number of amides is 1. The summed E-state index contributed by atoms with van der Waals surface area (Å²) in [5, 5.41) is 14.4. The topological polar surface area (TPSA) is 90.7 Å². The number of anilines is 3. The Labute approximate surface area is 212 Å². The first-order valence-electron chi connectivity index (χ1n) is 12.4. The summed E-state index contributed by atoms with van der Waals surface area (Å²) < 4.78 is 30.0. The molecule has 2 aliphatic heterocycles. The molecule has 2 fully saturated rings. The van der Waals surface area contributed by atoms with Crippen LogP contribution in [0, 0.1) is 11.6 Å². The van der Waals surface area contributed by atoms with Crippen molar-refractivity contribution in [2.24, 2.45) is 0 Å². The van der Waals surface area contributed by atoms with Crippen molar-refractivity contribution in [3.63, 3.8) is 0 Å². The van der Waals surface area contributed by atoms with Gasteiger partial charge >= 0.3 is 0 Å². The van der Waals surface area contributed by atoms with Crippen molar-refractivity contribution in [2.45, 2.75) is 18.9 Å². The van der Waals surface area contributed by atoms with Gasteiger partial charge in [0.05, 0.1) is 18.4 Å². The molecule has 1 amide bonds. The van der Waals surface area contributed by atoms with E-state index < -0.39 is 17.5 Å². The van der Waals surface area contributed by atoms with Crippen LogP contribution in [0.3, 0.4) is 0 Å². The van der Waals surface area contributed by atoms with E-state index in [1.807, 2.05) is 29.2 Å². The van der Waals surface area contributed by atoms with Crippen LogP contribution in [0.15, 0.2) is 54.9 Å². The number of carbonyl (C=O) groups excluding carboxylic acids is 1. The molecule has 0 saturated carbocycles. The molecule has 2 aliphatic rings. The van der Waals surface area contributed by atoms with Gasteiger partial charge in [0.1, 0.15) is 17.5 Å². The minimum atomic E-state index is -0.481. The van der Waals surface area contributed by atoms with Crippen LogP contribution in [0.4, 0.5) is 26.0 Å². The summed E-state index contributed by atoms with van der Waals surface area (Å²) in [7, 11) is 0. The van der Waals surface area contributed by atoms with Gasteiger partial charge in [-0.05, 0) is 55.3 Å². The highest BCUT2D eigenvalue weighted by atomic mass is 19.1. The summed E-state index contributed by atoms with van der Waals surface area (Å²) in [6, 6.07) is 10.9. The zero-order chi connectivity index (χ0) is 25.4.